The molecule has 4 nitrogen and oxygen atoms in total. The Hall–Kier alpha value is -2.75. The van der Waals surface area contributed by atoms with Gasteiger partial charge in [0, 0.05) is 11.3 Å². The zero-order valence-corrected chi connectivity index (χ0v) is 13.7. The van der Waals surface area contributed by atoms with E-state index >= 15 is 0 Å². The molecule has 0 aromatic heterocycles. The third-order valence-electron chi connectivity index (χ3n) is 4.18. The van der Waals surface area contributed by atoms with Crippen molar-refractivity contribution in [2.45, 2.75) is 32.3 Å². The molecule has 0 fully saturated rings. The lowest BCUT2D eigenvalue weighted by atomic mass is 10.1. The number of hydrogen-bond donors (Lipinski definition) is 2. The summed E-state index contributed by atoms with van der Waals surface area (Å²) in [6.07, 6.45) is 2.88. The third-order valence-corrected chi connectivity index (χ3v) is 4.18. The van der Waals surface area contributed by atoms with Crippen LogP contribution in [0.25, 0.3) is 5.57 Å². The van der Waals surface area contributed by atoms with Crippen LogP contribution >= 0.6 is 0 Å². The van der Waals surface area contributed by atoms with E-state index in [2.05, 4.69) is 6.92 Å². The van der Waals surface area contributed by atoms with Crippen molar-refractivity contribution in [2.75, 3.05) is 5.73 Å². The fourth-order valence-corrected chi connectivity index (χ4v) is 2.77. The molecule has 3 N–H and O–H groups in total. The van der Waals surface area contributed by atoms with Crippen molar-refractivity contribution in [3.8, 4) is 5.75 Å². The van der Waals surface area contributed by atoms with Gasteiger partial charge in [-0.1, -0.05) is 37.6 Å². The largest absolute Gasteiger partial charge is 0.481 e. The third kappa shape index (κ3) is 3.43. The van der Waals surface area contributed by atoms with Crippen LogP contribution in [-0.2, 0) is 11.2 Å². The summed E-state index contributed by atoms with van der Waals surface area (Å²) < 4.78 is 5.87. The van der Waals surface area contributed by atoms with Crippen LogP contribution in [-0.4, -0.2) is 17.2 Å². The lowest BCUT2D eigenvalue weighted by Crippen LogP contribution is -2.07. The van der Waals surface area contributed by atoms with Crippen LogP contribution in [0.15, 0.2) is 54.1 Å². The first-order chi connectivity index (χ1) is 11.6. The number of aryl methyl sites for hydroxylation is 1. The summed E-state index contributed by atoms with van der Waals surface area (Å²) in [4.78, 5) is 11.4. The van der Waals surface area contributed by atoms with E-state index in [9.17, 15) is 9.90 Å². The van der Waals surface area contributed by atoms with Gasteiger partial charge in [0.25, 0.3) is 0 Å². The minimum atomic E-state index is -0.939. The summed E-state index contributed by atoms with van der Waals surface area (Å²) in [6.45, 7) is 2.17. The predicted molar refractivity (Wildman–Crippen MR) is 94.9 cm³/mol. The number of carboxylic acid groups (broad SMARTS) is 1. The van der Waals surface area contributed by atoms with Crippen LogP contribution in [0.5, 0.6) is 5.75 Å². The van der Waals surface area contributed by atoms with Gasteiger partial charge in [0.15, 0.2) is 6.10 Å². The molecule has 1 atom stereocenters. The highest BCUT2D eigenvalue weighted by Gasteiger charge is 2.44. The van der Waals surface area contributed by atoms with Crippen LogP contribution in [0.1, 0.15) is 30.9 Å². The highest BCUT2D eigenvalue weighted by Crippen LogP contribution is 2.43. The second-order valence-electron chi connectivity index (χ2n) is 6.00. The number of rotatable bonds is 7. The molecule has 0 radical (unpaired) electrons. The molecule has 0 spiro atoms. The predicted octanol–water partition coefficient (Wildman–Crippen LogP) is 3.91. The SMILES string of the molecule is CCCCc1ccc(OC2C(C(=O)O)=C2c2ccc(N)cc2)cc1. The van der Waals surface area contributed by atoms with Gasteiger partial charge in [0.2, 0.25) is 0 Å². The van der Waals surface area contributed by atoms with Gasteiger partial charge < -0.3 is 15.6 Å². The Balaban J connectivity index is 1.71. The Morgan fingerprint density at radius 1 is 1.12 bits per heavy atom. The van der Waals surface area contributed by atoms with E-state index in [0.717, 1.165) is 30.4 Å². The van der Waals surface area contributed by atoms with Crippen molar-refractivity contribution in [1.82, 2.24) is 0 Å². The molecule has 24 heavy (non-hydrogen) atoms. The summed E-state index contributed by atoms with van der Waals surface area (Å²) >= 11 is 0. The van der Waals surface area contributed by atoms with Gasteiger partial charge in [-0.25, -0.2) is 4.79 Å². The quantitative estimate of drug-likeness (QED) is 0.758. The zero-order chi connectivity index (χ0) is 17.1. The molecule has 1 aliphatic carbocycles. The maximum Gasteiger partial charge on any atom is 0.336 e. The van der Waals surface area contributed by atoms with Gasteiger partial charge in [-0.2, -0.15) is 0 Å². The fourth-order valence-electron chi connectivity index (χ4n) is 2.77. The molecule has 0 heterocycles. The summed E-state index contributed by atoms with van der Waals surface area (Å²) in [6, 6.07) is 15.1. The van der Waals surface area contributed by atoms with Crippen molar-refractivity contribution in [1.29, 1.82) is 0 Å². The monoisotopic (exact) mass is 323 g/mol. The van der Waals surface area contributed by atoms with Crippen molar-refractivity contribution >= 4 is 17.2 Å². The Morgan fingerprint density at radius 2 is 1.79 bits per heavy atom. The number of unbranched alkanes of at least 4 members (excludes halogenated alkanes) is 1. The topological polar surface area (TPSA) is 72.5 Å². The molecule has 0 saturated heterocycles. The first-order valence-corrected chi connectivity index (χ1v) is 8.19. The molecule has 0 amide bonds. The van der Waals surface area contributed by atoms with Gasteiger partial charge in [-0.15, -0.1) is 0 Å². The number of nitrogens with two attached hydrogens (primary N) is 1. The molecule has 3 rings (SSSR count). The van der Waals surface area contributed by atoms with Crippen LogP contribution < -0.4 is 10.5 Å². The zero-order valence-electron chi connectivity index (χ0n) is 13.7. The molecule has 0 aliphatic heterocycles. The molecule has 4 heteroatoms. The number of carboxylic acids is 1. The highest BCUT2D eigenvalue weighted by atomic mass is 16.5. The molecule has 0 bridgehead atoms. The summed E-state index contributed by atoms with van der Waals surface area (Å²) in [7, 11) is 0. The van der Waals surface area contributed by atoms with E-state index in [1.54, 1.807) is 12.1 Å². The Bertz CT molecular complexity index is 760. The van der Waals surface area contributed by atoms with Gasteiger partial charge in [-0.05, 0) is 48.2 Å². The second kappa shape index (κ2) is 6.79. The first kappa shape index (κ1) is 16.1. The fraction of sp³-hybridized carbons (Fsp3) is 0.250. The van der Waals surface area contributed by atoms with Gasteiger partial charge >= 0.3 is 5.97 Å². The van der Waals surface area contributed by atoms with Crippen molar-refractivity contribution in [3.05, 3.63) is 65.2 Å². The average Bonchev–Trinajstić information content (AvgIpc) is 3.29. The minimum Gasteiger partial charge on any atom is -0.481 e. The van der Waals surface area contributed by atoms with E-state index in [1.165, 1.54) is 5.56 Å². The molecule has 2 aromatic carbocycles. The summed E-state index contributed by atoms with van der Waals surface area (Å²) in [5.41, 5.74) is 9.48. The van der Waals surface area contributed by atoms with Crippen molar-refractivity contribution < 1.29 is 14.6 Å². The van der Waals surface area contributed by atoms with Crippen molar-refractivity contribution in [3.63, 3.8) is 0 Å². The van der Waals surface area contributed by atoms with Gasteiger partial charge in [-0.3, -0.25) is 0 Å². The first-order valence-electron chi connectivity index (χ1n) is 8.19. The van der Waals surface area contributed by atoms with E-state index < -0.39 is 12.1 Å². The standard InChI is InChI=1S/C20H21NO3/c1-2-3-4-13-5-11-16(12-6-13)24-19-17(18(19)20(22)23)14-7-9-15(21)10-8-14/h5-12,19H,2-4,21H2,1H3,(H,22,23). The van der Waals surface area contributed by atoms with Crippen LogP contribution in [0.2, 0.25) is 0 Å². The normalized spacial score (nSPS) is 16.1. The number of aliphatic carboxylic acids is 1. The van der Waals surface area contributed by atoms with Crippen molar-refractivity contribution in [2.24, 2.45) is 0 Å². The second-order valence-corrected chi connectivity index (χ2v) is 6.00. The van der Waals surface area contributed by atoms with Crippen LogP contribution in [0.4, 0.5) is 5.69 Å². The molecule has 0 saturated carbocycles. The Labute approximate surface area is 141 Å². The summed E-state index contributed by atoms with van der Waals surface area (Å²) in [5.74, 6) is -0.254. The molecular formula is C20H21NO3. The molecular weight excluding hydrogens is 302 g/mol. The Kier molecular flexibility index (Phi) is 4.56. The number of nitrogen functional groups attached to an aromatic ring is 1. The number of anilines is 1. The van der Waals surface area contributed by atoms with Crippen LogP contribution in [0, 0.1) is 0 Å². The van der Waals surface area contributed by atoms with E-state index in [4.69, 9.17) is 10.5 Å². The smallest absolute Gasteiger partial charge is 0.336 e. The van der Waals surface area contributed by atoms with Gasteiger partial charge in [0.05, 0.1) is 5.57 Å². The molecule has 124 valence electrons. The number of carbonyl (C=O) groups is 1. The highest BCUT2D eigenvalue weighted by molar-refractivity contribution is 6.11. The maximum absolute atomic E-state index is 11.4. The number of benzene rings is 2. The van der Waals surface area contributed by atoms with Crippen LogP contribution in [0.3, 0.4) is 0 Å². The average molecular weight is 323 g/mol. The van der Waals surface area contributed by atoms with Gasteiger partial charge in [0.1, 0.15) is 5.75 Å². The Morgan fingerprint density at radius 3 is 2.38 bits per heavy atom. The lowest BCUT2D eigenvalue weighted by molar-refractivity contribution is -0.132. The molecule has 1 aliphatic rings. The van der Waals surface area contributed by atoms with E-state index in [0.29, 0.717) is 17.0 Å². The van der Waals surface area contributed by atoms with E-state index in [1.807, 2.05) is 36.4 Å². The summed E-state index contributed by atoms with van der Waals surface area (Å²) in [5, 5.41) is 9.37. The van der Waals surface area contributed by atoms with E-state index in [-0.39, 0.29) is 0 Å². The molecule has 2 aromatic rings. The molecule has 1 unspecified atom stereocenters. The maximum atomic E-state index is 11.4. The number of ether oxygens (including phenoxy) is 1. The minimum absolute atomic E-state index is 0.315. The number of hydrogen-bond acceptors (Lipinski definition) is 3. The lowest BCUT2D eigenvalue weighted by Gasteiger charge is -2.08.